The fourth-order valence-corrected chi connectivity index (χ4v) is 4.60. The highest BCUT2D eigenvalue weighted by atomic mass is 32.2. The summed E-state index contributed by atoms with van der Waals surface area (Å²) < 4.78 is 33.1. The van der Waals surface area contributed by atoms with E-state index in [2.05, 4.69) is 16.2 Å². The van der Waals surface area contributed by atoms with Crippen LogP contribution in [0.3, 0.4) is 0 Å². The molecule has 0 unspecified atom stereocenters. The molecule has 1 radical (unpaired) electrons. The van der Waals surface area contributed by atoms with E-state index in [9.17, 15) is 13.2 Å². The molecule has 4 rings (SSSR count). The van der Waals surface area contributed by atoms with Crippen molar-refractivity contribution in [2.45, 2.75) is 17.9 Å². The third-order valence-corrected chi connectivity index (χ3v) is 6.55. The van der Waals surface area contributed by atoms with Gasteiger partial charge in [0.05, 0.1) is 35.6 Å². The number of rotatable bonds is 3. The van der Waals surface area contributed by atoms with E-state index in [0.717, 1.165) is 12.2 Å². The summed E-state index contributed by atoms with van der Waals surface area (Å²) in [4.78, 5) is 21.3. The number of aromatic nitrogens is 2. The van der Waals surface area contributed by atoms with Crippen LogP contribution in [0.25, 0.3) is 0 Å². The molecule has 2 aliphatic heterocycles. The number of sulfonamides is 1. The van der Waals surface area contributed by atoms with Gasteiger partial charge in [-0.1, -0.05) is 0 Å². The molecule has 3 heterocycles. The van der Waals surface area contributed by atoms with Crippen molar-refractivity contribution in [3.05, 3.63) is 41.5 Å². The van der Waals surface area contributed by atoms with E-state index in [4.69, 9.17) is 10.5 Å². The third kappa shape index (κ3) is 3.10. The van der Waals surface area contributed by atoms with Crippen LogP contribution in [0, 0.1) is 6.20 Å². The Bertz CT molecular complexity index is 1020. The standard InChI is InChI=1S/C17H18N5O4S/c1-21-6-7-26-15-8-12(2-3-14(15)21)27(24,25)22-5-4-11-9-19-17(16(18)23)20-13(11)10-22/h2-3,8H,4-7,10H2,1H3,(H2,18,23). The number of hydrogen-bond acceptors (Lipinski definition) is 7. The van der Waals surface area contributed by atoms with Gasteiger partial charge in [-0.3, -0.25) is 4.79 Å². The zero-order valence-corrected chi connectivity index (χ0v) is 15.5. The highest BCUT2D eigenvalue weighted by molar-refractivity contribution is 7.89. The highest BCUT2D eigenvalue weighted by Crippen LogP contribution is 2.34. The van der Waals surface area contributed by atoms with Crippen LogP contribution in [-0.2, 0) is 23.0 Å². The molecule has 0 bridgehead atoms. The van der Waals surface area contributed by atoms with Gasteiger partial charge in [-0.2, -0.15) is 4.31 Å². The normalized spacial score (nSPS) is 17.0. The van der Waals surface area contributed by atoms with Crippen molar-refractivity contribution < 1.29 is 17.9 Å². The van der Waals surface area contributed by atoms with Crippen LogP contribution < -0.4 is 15.4 Å². The monoisotopic (exact) mass is 388 g/mol. The van der Waals surface area contributed by atoms with Gasteiger partial charge < -0.3 is 15.4 Å². The van der Waals surface area contributed by atoms with Gasteiger partial charge in [-0.05, 0) is 18.6 Å². The first-order valence-corrected chi connectivity index (χ1v) is 9.85. The number of anilines is 1. The minimum Gasteiger partial charge on any atom is -0.490 e. The Balaban J connectivity index is 1.65. The van der Waals surface area contributed by atoms with Crippen LogP contribution in [0.2, 0.25) is 0 Å². The van der Waals surface area contributed by atoms with Gasteiger partial charge in [-0.15, -0.1) is 0 Å². The fraction of sp³-hybridized carbons (Fsp3) is 0.353. The first kappa shape index (κ1) is 17.7. The molecule has 0 saturated heterocycles. The Morgan fingerprint density at radius 2 is 2.15 bits per heavy atom. The van der Waals surface area contributed by atoms with E-state index < -0.39 is 15.9 Å². The predicted molar refractivity (Wildman–Crippen MR) is 95.9 cm³/mol. The van der Waals surface area contributed by atoms with Crippen LogP contribution in [-0.4, -0.2) is 55.3 Å². The number of fused-ring (bicyclic) bond motifs is 2. The molecule has 1 amide bonds. The van der Waals surface area contributed by atoms with E-state index in [-0.39, 0.29) is 23.8 Å². The van der Waals surface area contributed by atoms with Crippen LogP contribution in [0.1, 0.15) is 21.9 Å². The zero-order chi connectivity index (χ0) is 19.2. The van der Waals surface area contributed by atoms with Gasteiger partial charge in [0, 0.05) is 25.2 Å². The molecule has 27 heavy (non-hydrogen) atoms. The second kappa shape index (κ2) is 6.46. The number of likely N-dealkylation sites (N-methyl/N-ethyl adjacent to an activating group) is 1. The van der Waals surface area contributed by atoms with E-state index in [1.807, 2.05) is 11.9 Å². The molecular formula is C17H18N5O4S. The molecule has 10 heteroatoms. The number of amides is 1. The molecule has 0 spiro atoms. The first-order chi connectivity index (χ1) is 12.9. The number of carbonyl (C=O) groups is 1. The van der Waals surface area contributed by atoms with Crippen molar-refractivity contribution in [1.82, 2.24) is 14.3 Å². The summed E-state index contributed by atoms with van der Waals surface area (Å²) >= 11 is 0. The first-order valence-electron chi connectivity index (χ1n) is 8.41. The van der Waals surface area contributed by atoms with Gasteiger partial charge in [0.15, 0.2) is 0 Å². The minimum atomic E-state index is -3.74. The van der Waals surface area contributed by atoms with Crippen molar-refractivity contribution in [1.29, 1.82) is 0 Å². The number of nitrogens with two attached hydrogens (primary N) is 1. The van der Waals surface area contributed by atoms with Crippen LogP contribution in [0.5, 0.6) is 5.75 Å². The summed E-state index contributed by atoms with van der Waals surface area (Å²) in [5.41, 5.74) is 7.20. The maximum absolute atomic E-state index is 13.1. The average Bonchev–Trinajstić information content (AvgIpc) is 2.67. The Kier molecular flexibility index (Phi) is 4.23. The summed E-state index contributed by atoms with van der Waals surface area (Å²) in [6, 6.07) is 4.88. The molecule has 1 aromatic carbocycles. The lowest BCUT2D eigenvalue weighted by atomic mass is 10.1. The molecule has 0 fully saturated rings. The minimum absolute atomic E-state index is 0.0365. The molecular weight excluding hydrogens is 370 g/mol. The summed E-state index contributed by atoms with van der Waals surface area (Å²) in [6.45, 7) is 1.57. The molecule has 2 aliphatic rings. The number of benzene rings is 1. The Labute approximate surface area is 156 Å². The average molecular weight is 388 g/mol. The van der Waals surface area contributed by atoms with E-state index in [0.29, 0.717) is 30.0 Å². The zero-order valence-electron chi connectivity index (χ0n) is 14.7. The highest BCUT2D eigenvalue weighted by Gasteiger charge is 2.31. The lowest BCUT2D eigenvalue weighted by Gasteiger charge is -2.30. The Morgan fingerprint density at radius 3 is 2.93 bits per heavy atom. The van der Waals surface area contributed by atoms with Crippen molar-refractivity contribution in [2.75, 3.05) is 31.6 Å². The maximum atomic E-state index is 13.1. The summed E-state index contributed by atoms with van der Waals surface area (Å²) in [5, 5.41) is 0. The molecule has 0 atom stereocenters. The van der Waals surface area contributed by atoms with Crippen LogP contribution in [0.4, 0.5) is 5.69 Å². The molecule has 0 saturated carbocycles. The largest absolute Gasteiger partial charge is 0.490 e. The van der Waals surface area contributed by atoms with E-state index >= 15 is 0 Å². The lowest BCUT2D eigenvalue weighted by Crippen LogP contribution is -2.37. The Morgan fingerprint density at radius 1 is 1.33 bits per heavy atom. The number of ether oxygens (including phenoxy) is 1. The van der Waals surface area contributed by atoms with E-state index in [1.54, 1.807) is 18.2 Å². The number of carbonyl (C=O) groups excluding carboxylic acids is 1. The molecule has 1 aromatic heterocycles. The second-order valence-electron chi connectivity index (χ2n) is 6.44. The molecule has 2 aromatic rings. The molecule has 0 aliphatic carbocycles. The van der Waals surface area contributed by atoms with Crippen molar-refractivity contribution in [2.24, 2.45) is 5.73 Å². The SMILES string of the molecule is CN1CCOc2cc(S(=O)(=O)N3CCc4[c]nc(C(N)=O)nc4C3)ccc21. The quantitative estimate of drug-likeness (QED) is 0.783. The third-order valence-electron chi connectivity index (χ3n) is 4.71. The maximum Gasteiger partial charge on any atom is 0.286 e. The molecule has 2 N–H and O–H groups in total. The van der Waals surface area contributed by atoms with Crippen molar-refractivity contribution in [3.63, 3.8) is 0 Å². The molecule has 141 valence electrons. The van der Waals surface area contributed by atoms with Gasteiger partial charge in [0.2, 0.25) is 15.8 Å². The van der Waals surface area contributed by atoms with E-state index in [1.165, 1.54) is 4.31 Å². The van der Waals surface area contributed by atoms with Crippen LogP contribution >= 0.6 is 0 Å². The van der Waals surface area contributed by atoms with Gasteiger partial charge in [-0.25, -0.2) is 18.4 Å². The van der Waals surface area contributed by atoms with Gasteiger partial charge >= 0.3 is 0 Å². The van der Waals surface area contributed by atoms with Crippen molar-refractivity contribution >= 4 is 21.6 Å². The van der Waals surface area contributed by atoms with Crippen LogP contribution in [0.15, 0.2) is 23.1 Å². The summed E-state index contributed by atoms with van der Waals surface area (Å²) in [6.07, 6.45) is 3.15. The van der Waals surface area contributed by atoms with Gasteiger partial charge in [0.1, 0.15) is 12.4 Å². The van der Waals surface area contributed by atoms with Gasteiger partial charge in [0.25, 0.3) is 5.91 Å². The topological polar surface area (TPSA) is 119 Å². The predicted octanol–water partition coefficient (Wildman–Crippen LogP) is -0.0487. The number of nitrogens with zero attached hydrogens (tertiary/aromatic N) is 4. The second-order valence-corrected chi connectivity index (χ2v) is 8.37. The number of hydrogen-bond donors (Lipinski definition) is 1. The molecule has 9 nitrogen and oxygen atoms in total. The smallest absolute Gasteiger partial charge is 0.286 e. The fourth-order valence-electron chi connectivity index (χ4n) is 3.18. The Hall–Kier alpha value is -2.72. The lowest BCUT2D eigenvalue weighted by molar-refractivity contribution is 0.0989. The summed E-state index contributed by atoms with van der Waals surface area (Å²) in [5.74, 6) is -0.392. The van der Waals surface area contributed by atoms with Crippen molar-refractivity contribution in [3.8, 4) is 5.75 Å². The number of primary amides is 1. The summed E-state index contributed by atoms with van der Waals surface area (Å²) in [7, 11) is -1.81.